The molecule has 1 aliphatic rings. The third-order valence-corrected chi connectivity index (χ3v) is 3.33. The predicted molar refractivity (Wildman–Crippen MR) is 69.6 cm³/mol. The molecule has 1 aliphatic heterocycles. The van der Waals surface area contributed by atoms with E-state index in [1.54, 1.807) is 0 Å². The van der Waals surface area contributed by atoms with Gasteiger partial charge in [-0.1, -0.05) is 30.3 Å². The first-order chi connectivity index (χ1) is 9.38. The molecule has 1 aromatic heterocycles. The maximum atomic E-state index is 5.77. The summed E-state index contributed by atoms with van der Waals surface area (Å²) in [5.74, 6) is 1.17. The molecule has 19 heavy (non-hydrogen) atoms. The fourth-order valence-electron chi connectivity index (χ4n) is 2.34. The highest BCUT2D eigenvalue weighted by Crippen LogP contribution is 2.29. The van der Waals surface area contributed by atoms with Crippen LogP contribution in [0.25, 0.3) is 0 Å². The van der Waals surface area contributed by atoms with Crippen molar-refractivity contribution in [3.8, 4) is 0 Å². The number of nitrogens with zero attached hydrogens (tertiary/aromatic N) is 2. The first-order valence-electron chi connectivity index (χ1n) is 6.55. The van der Waals surface area contributed by atoms with Crippen LogP contribution in [0.4, 0.5) is 0 Å². The second-order valence-corrected chi connectivity index (χ2v) is 4.61. The van der Waals surface area contributed by atoms with Crippen molar-refractivity contribution >= 4 is 0 Å². The number of nitrogens with one attached hydrogen (secondary N) is 1. The standard InChI is InChI=1S/C14H17N3O2/c1-15-12(10-6-3-2-4-7-10)14-17-16-13(19-14)11-8-5-9-18-11/h2-4,6-7,11-12,15H,5,8-9H2,1H3. The third kappa shape index (κ3) is 2.52. The van der Waals surface area contributed by atoms with E-state index in [4.69, 9.17) is 9.15 Å². The molecule has 5 nitrogen and oxygen atoms in total. The number of aromatic nitrogens is 2. The summed E-state index contributed by atoms with van der Waals surface area (Å²) >= 11 is 0. The number of hydrogen-bond donors (Lipinski definition) is 1. The van der Waals surface area contributed by atoms with Crippen molar-refractivity contribution in [3.05, 3.63) is 47.7 Å². The van der Waals surface area contributed by atoms with Crippen molar-refractivity contribution in [1.29, 1.82) is 0 Å². The molecule has 2 heterocycles. The van der Waals surface area contributed by atoms with E-state index in [0.717, 1.165) is 25.0 Å². The summed E-state index contributed by atoms with van der Waals surface area (Å²) in [6.07, 6.45) is 1.97. The quantitative estimate of drug-likeness (QED) is 0.912. The van der Waals surface area contributed by atoms with Crippen LogP contribution in [-0.2, 0) is 4.74 Å². The molecule has 1 saturated heterocycles. The molecule has 0 bridgehead atoms. The summed E-state index contributed by atoms with van der Waals surface area (Å²) in [6.45, 7) is 0.774. The Morgan fingerprint density at radius 3 is 2.79 bits per heavy atom. The largest absolute Gasteiger partial charge is 0.420 e. The SMILES string of the molecule is CNC(c1ccccc1)c1nnc(C2CCCO2)o1. The fourth-order valence-corrected chi connectivity index (χ4v) is 2.34. The first-order valence-corrected chi connectivity index (χ1v) is 6.55. The van der Waals surface area contributed by atoms with Crippen molar-refractivity contribution in [2.75, 3.05) is 13.7 Å². The molecular weight excluding hydrogens is 242 g/mol. The summed E-state index contributed by atoms with van der Waals surface area (Å²) in [6, 6.07) is 9.98. The van der Waals surface area contributed by atoms with Crippen LogP contribution < -0.4 is 5.32 Å². The molecular formula is C14H17N3O2. The van der Waals surface area contributed by atoms with Gasteiger partial charge in [-0.2, -0.15) is 0 Å². The van der Waals surface area contributed by atoms with E-state index in [0.29, 0.717) is 11.8 Å². The highest BCUT2D eigenvalue weighted by atomic mass is 16.5. The average Bonchev–Trinajstić information content (AvgIpc) is 3.11. The molecule has 1 fully saturated rings. The van der Waals surface area contributed by atoms with Gasteiger partial charge in [0, 0.05) is 6.61 Å². The highest BCUT2D eigenvalue weighted by Gasteiger charge is 2.26. The molecule has 2 atom stereocenters. The molecule has 0 aliphatic carbocycles. The Hall–Kier alpha value is -1.72. The zero-order valence-electron chi connectivity index (χ0n) is 10.9. The van der Waals surface area contributed by atoms with Crippen molar-refractivity contribution in [3.63, 3.8) is 0 Å². The van der Waals surface area contributed by atoms with E-state index in [2.05, 4.69) is 15.5 Å². The normalized spacial score (nSPS) is 20.6. The van der Waals surface area contributed by atoms with Crippen LogP contribution >= 0.6 is 0 Å². The lowest BCUT2D eigenvalue weighted by Crippen LogP contribution is -2.17. The topological polar surface area (TPSA) is 60.2 Å². The van der Waals surface area contributed by atoms with Crippen LogP contribution in [0.1, 0.15) is 42.3 Å². The fraction of sp³-hybridized carbons (Fsp3) is 0.429. The average molecular weight is 259 g/mol. The lowest BCUT2D eigenvalue weighted by Gasteiger charge is -2.12. The molecule has 3 rings (SSSR count). The Kier molecular flexibility index (Phi) is 3.57. The minimum atomic E-state index is -0.0798. The minimum Gasteiger partial charge on any atom is -0.420 e. The van der Waals surface area contributed by atoms with Gasteiger partial charge < -0.3 is 14.5 Å². The van der Waals surface area contributed by atoms with Gasteiger partial charge in [-0.3, -0.25) is 0 Å². The molecule has 0 radical (unpaired) electrons. The van der Waals surface area contributed by atoms with Gasteiger partial charge in [0.25, 0.3) is 0 Å². The van der Waals surface area contributed by atoms with Gasteiger partial charge in [0.05, 0.1) is 0 Å². The number of benzene rings is 1. The summed E-state index contributed by atoms with van der Waals surface area (Å²) in [7, 11) is 1.88. The number of rotatable bonds is 4. The van der Waals surface area contributed by atoms with Crippen LogP contribution in [0.3, 0.4) is 0 Å². The van der Waals surface area contributed by atoms with E-state index in [9.17, 15) is 0 Å². The minimum absolute atomic E-state index is 0.0328. The van der Waals surface area contributed by atoms with Gasteiger partial charge in [-0.05, 0) is 25.5 Å². The highest BCUT2D eigenvalue weighted by molar-refractivity contribution is 5.23. The van der Waals surface area contributed by atoms with Gasteiger partial charge in [-0.25, -0.2) is 0 Å². The van der Waals surface area contributed by atoms with Crippen molar-refractivity contribution in [1.82, 2.24) is 15.5 Å². The monoisotopic (exact) mass is 259 g/mol. The number of ether oxygens (including phenoxy) is 1. The second kappa shape index (κ2) is 5.50. The van der Waals surface area contributed by atoms with Crippen LogP contribution in [0.5, 0.6) is 0 Å². The predicted octanol–water partition coefficient (Wildman–Crippen LogP) is 2.23. The third-order valence-electron chi connectivity index (χ3n) is 3.33. The van der Waals surface area contributed by atoms with Crippen molar-refractivity contribution in [2.45, 2.75) is 25.0 Å². The summed E-state index contributed by atoms with van der Waals surface area (Å²) in [4.78, 5) is 0. The molecule has 1 N–H and O–H groups in total. The first kappa shape index (κ1) is 12.3. The smallest absolute Gasteiger partial charge is 0.245 e. The molecule has 100 valence electrons. The van der Waals surface area contributed by atoms with E-state index in [1.165, 1.54) is 0 Å². The van der Waals surface area contributed by atoms with Gasteiger partial charge in [0.1, 0.15) is 12.1 Å². The van der Waals surface area contributed by atoms with Crippen LogP contribution in [0, 0.1) is 0 Å². The molecule has 0 spiro atoms. The van der Waals surface area contributed by atoms with Crippen molar-refractivity contribution in [2.24, 2.45) is 0 Å². The molecule has 1 aromatic carbocycles. The van der Waals surface area contributed by atoms with Gasteiger partial charge in [0.2, 0.25) is 11.8 Å². The van der Waals surface area contributed by atoms with Gasteiger partial charge in [-0.15, -0.1) is 10.2 Å². The lowest BCUT2D eigenvalue weighted by molar-refractivity contribution is 0.0877. The zero-order valence-corrected chi connectivity index (χ0v) is 10.9. The van der Waals surface area contributed by atoms with E-state index >= 15 is 0 Å². The Bertz CT molecular complexity index is 520. The van der Waals surface area contributed by atoms with E-state index in [-0.39, 0.29) is 12.1 Å². The lowest BCUT2D eigenvalue weighted by atomic mass is 10.1. The second-order valence-electron chi connectivity index (χ2n) is 4.61. The van der Waals surface area contributed by atoms with Crippen molar-refractivity contribution < 1.29 is 9.15 Å². The molecule has 0 amide bonds. The summed E-state index contributed by atoms with van der Waals surface area (Å²) in [5, 5.41) is 11.5. The number of hydrogen-bond acceptors (Lipinski definition) is 5. The van der Waals surface area contributed by atoms with Gasteiger partial charge >= 0.3 is 0 Å². The maximum Gasteiger partial charge on any atom is 0.245 e. The molecule has 2 aromatic rings. The van der Waals surface area contributed by atoms with Crippen LogP contribution in [0.15, 0.2) is 34.7 Å². The summed E-state index contributed by atoms with van der Waals surface area (Å²) < 4.78 is 11.3. The maximum absolute atomic E-state index is 5.77. The molecule has 5 heteroatoms. The Morgan fingerprint density at radius 1 is 1.26 bits per heavy atom. The van der Waals surface area contributed by atoms with E-state index in [1.807, 2.05) is 37.4 Å². The Balaban J connectivity index is 1.84. The molecule has 2 unspecified atom stereocenters. The Labute approximate surface area is 112 Å². The van der Waals surface area contributed by atoms with E-state index < -0.39 is 0 Å². The zero-order chi connectivity index (χ0) is 13.1. The van der Waals surface area contributed by atoms with Gasteiger partial charge in [0.15, 0.2) is 0 Å². The van der Waals surface area contributed by atoms with Crippen LogP contribution in [0.2, 0.25) is 0 Å². The molecule has 0 saturated carbocycles. The van der Waals surface area contributed by atoms with Crippen LogP contribution in [-0.4, -0.2) is 23.9 Å². The Morgan fingerprint density at radius 2 is 2.11 bits per heavy atom. The summed E-state index contributed by atoms with van der Waals surface area (Å²) in [5.41, 5.74) is 1.10.